The van der Waals surface area contributed by atoms with Crippen molar-refractivity contribution in [2.75, 3.05) is 13.2 Å². The van der Waals surface area contributed by atoms with Gasteiger partial charge in [-0.15, -0.1) is 11.3 Å². The van der Waals surface area contributed by atoms with E-state index in [0.29, 0.717) is 18.7 Å². The highest BCUT2D eigenvalue weighted by atomic mass is 32.1. The van der Waals surface area contributed by atoms with Crippen LogP contribution in [-0.4, -0.2) is 33.9 Å². The van der Waals surface area contributed by atoms with Gasteiger partial charge in [0.2, 0.25) is 0 Å². The van der Waals surface area contributed by atoms with Gasteiger partial charge in [0.15, 0.2) is 0 Å². The second-order valence-electron chi connectivity index (χ2n) is 5.42. The molecule has 22 heavy (non-hydrogen) atoms. The number of hydrogen-bond acceptors (Lipinski definition) is 5. The molecule has 1 fully saturated rings. The summed E-state index contributed by atoms with van der Waals surface area (Å²) in [4.78, 5) is 18.0. The van der Waals surface area contributed by atoms with Gasteiger partial charge in [0.25, 0.3) is 5.91 Å². The first-order valence-electron chi connectivity index (χ1n) is 7.50. The van der Waals surface area contributed by atoms with Gasteiger partial charge in [-0.05, 0) is 12.8 Å². The molecule has 1 N–H and O–H groups in total. The minimum atomic E-state index is -0.0942. The smallest absolute Gasteiger partial charge is 0.255 e. The average molecular weight is 320 g/mol. The van der Waals surface area contributed by atoms with E-state index in [0.717, 1.165) is 30.2 Å². The first kappa shape index (κ1) is 15.2. The van der Waals surface area contributed by atoms with E-state index in [1.54, 1.807) is 22.2 Å². The summed E-state index contributed by atoms with van der Waals surface area (Å²) in [6.45, 7) is 3.94. The molecule has 1 atom stereocenters. The maximum atomic E-state index is 12.5. The summed E-state index contributed by atoms with van der Waals surface area (Å²) >= 11 is 1.64. The molecular formula is C15H20N4O2S. The Hall–Kier alpha value is -1.73. The molecule has 0 aliphatic carbocycles. The Balaban J connectivity index is 1.69. The maximum Gasteiger partial charge on any atom is 0.255 e. The van der Waals surface area contributed by atoms with Crippen molar-refractivity contribution in [3.63, 3.8) is 0 Å². The molecule has 0 bridgehead atoms. The van der Waals surface area contributed by atoms with E-state index in [1.165, 1.54) is 4.88 Å². The van der Waals surface area contributed by atoms with Crippen LogP contribution in [0.25, 0.3) is 0 Å². The lowest BCUT2D eigenvalue weighted by Crippen LogP contribution is -2.24. The second-order valence-corrected chi connectivity index (χ2v) is 6.62. The van der Waals surface area contributed by atoms with Gasteiger partial charge < -0.3 is 10.1 Å². The minimum Gasteiger partial charge on any atom is -0.381 e. The average Bonchev–Trinajstić information content (AvgIpc) is 3.24. The number of ether oxygens (including phenoxy) is 1. The number of nitrogens with one attached hydrogen (secondary N) is 1. The Kier molecular flexibility index (Phi) is 4.54. The molecule has 0 spiro atoms. The van der Waals surface area contributed by atoms with Gasteiger partial charge >= 0.3 is 0 Å². The Morgan fingerprint density at radius 1 is 1.59 bits per heavy atom. The fraction of sp³-hybridized carbons (Fsp3) is 0.533. The topological polar surface area (TPSA) is 69.0 Å². The van der Waals surface area contributed by atoms with Crippen molar-refractivity contribution in [2.45, 2.75) is 32.2 Å². The van der Waals surface area contributed by atoms with Crippen molar-refractivity contribution in [3.8, 4) is 0 Å². The lowest BCUT2D eigenvalue weighted by atomic mass is 10.0. The normalized spacial score (nSPS) is 17.8. The largest absolute Gasteiger partial charge is 0.381 e. The molecule has 6 nitrogen and oxygen atoms in total. The fourth-order valence-electron chi connectivity index (χ4n) is 2.58. The van der Waals surface area contributed by atoms with Crippen molar-refractivity contribution >= 4 is 17.2 Å². The fourth-order valence-corrected chi connectivity index (χ4v) is 3.38. The van der Waals surface area contributed by atoms with Crippen LogP contribution in [0.5, 0.6) is 0 Å². The maximum absolute atomic E-state index is 12.5. The van der Waals surface area contributed by atoms with Crippen molar-refractivity contribution in [2.24, 2.45) is 7.05 Å². The Bertz CT molecular complexity index is 658. The quantitative estimate of drug-likeness (QED) is 0.913. The zero-order chi connectivity index (χ0) is 15.5. The van der Waals surface area contributed by atoms with Gasteiger partial charge in [0.1, 0.15) is 5.01 Å². The summed E-state index contributed by atoms with van der Waals surface area (Å²) in [6, 6.07) is 0. The van der Waals surface area contributed by atoms with Crippen molar-refractivity contribution in [1.29, 1.82) is 0 Å². The van der Waals surface area contributed by atoms with Crippen LogP contribution in [0.15, 0.2) is 12.4 Å². The number of nitrogens with zero attached hydrogens (tertiary/aromatic N) is 3. The number of rotatable bonds is 5. The predicted octanol–water partition coefficient (Wildman–Crippen LogP) is 1.87. The molecule has 1 saturated heterocycles. The van der Waals surface area contributed by atoms with Gasteiger partial charge in [-0.2, -0.15) is 5.10 Å². The molecule has 3 heterocycles. The number of aryl methyl sites for hydroxylation is 2. The SMILES string of the molecule is CCc1cnc(CNC(=O)c2cn(C)nc2C2CCOC2)s1. The number of amides is 1. The summed E-state index contributed by atoms with van der Waals surface area (Å²) in [6.07, 6.45) is 5.55. The van der Waals surface area contributed by atoms with Crippen LogP contribution >= 0.6 is 11.3 Å². The number of thiazole rings is 1. The third kappa shape index (κ3) is 3.20. The highest BCUT2D eigenvalue weighted by Gasteiger charge is 2.26. The molecule has 2 aromatic rings. The van der Waals surface area contributed by atoms with Crippen LogP contribution in [0.4, 0.5) is 0 Å². The monoisotopic (exact) mass is 320 g/mol. The van der Waals surface area contributed by atoms with Crippen LogP contribution in [0.3, 0.4) is 0 Å². The number of aromatic nitrogens is 3. The van der Waals surface area contributed by atoms with Crippen LogP contribution < -0.4 is 5.32 Å². The van der Waals surface area contributed by atoms with Crippen LogP contribution in [0, 0.1) is 0 Å². The van der Waals surface area contributed by atoms with E-state index in [9.17, 15) is 4.79 Å². The standard InChI is InChI=1S/C15H20N4O2S/c1-3-11-6-16-13(22-11)7-17-15(20)12-8-19(2)18-14(12)10-4-5-21-9-10/h6,8,10H,3-5,7,9H2,1-2H3,(H,17,20). The van der Waals surface area contributed by atoms with E-state index >= 15 is 0 Å². The number of carbonyl (C=O) groups excluding carboxylic acids is 1. The van der Waals surface area contributed by atoms with Crippen molar-refractivity contribution < 1.29 is 9.53 Å². The molecule has 118 valence electrons. The van der Waals surface area contributed by atoms with E-state index < -0.39 is 0 Å². The lowest BCUT2D eigenvalue weighted by Gasteiger charge is -2.07. The van der Waals surface area contributed by atoms with E-state index in [2.05, 4.69) is 22.3 Å². The molecular weight excluding hydrogens is 300 g/mol. The highest BCUT2D eigenvalue weighted by Crippen LogP contribution is 2.26. The van der Waals surface area contributed by atoms with Crippen LogP contribution in [-0.2, 0) is 24.8 Å². The number of hydrogen-bond donors (Lipinski definition) is 1. The molecule has 0 saturated carbocycles. The second kappa shape index (κ2) is 6.58. The third-order valence-corrected chi connectivity index (χ3v) is 4.91. The number of carbonyl (C=O) groups is 1. The molecule has 7 heteroatoms. The lowest BCUT2D eigenvalue weighted by molar-refractivity contribution is 0.0949. The molecule has 2 aromatic heterocycles. The van der Waals surface area contributed by atoms with Gasteiger partial charge in [-0.1, -0.05) is 6.92 Å². The molecule has 1 aliphatic heterocycles. The summed E-state index contributed by atoms with van der Waals surface area (Å²) in [5, 5.41) is 8.32. The van der Waals surface area contributed by atoms with E-state index in [-0.39, 0.29) is 11.8 Å². The summed E-state index contributed by atoms with van der Waals surface area (Å²) in [5.41, 5.74) is 1.48. The molecule has 1 unspecified atom stereocenters. The molecule has 0 radical (unpaired) electrons. The van der Waals surface area contributed by atoms with E-state index in [1.807, 2.05) is 13.2 Å². The summed E-state index contributed by atoms with van der Waals surface area (Å²) in [7, 11) is 1.84. The van der Waals surface area contributed by atoms with Crippen molar-refractivity contribution in [3.05, 3.63) is 33.5 Å². The molecule has 1 amide bonds. The van der Waals surface area contributed by atoms with Gasteiger partial charge in [0.05, 0.1) is 24.4 Å². The minimum absolute atomic E-state index is 0.0942. The first-order valence-corrected chi connectivity index (χ1v) is 8.32. The zero-order valence-corrected chi connectivity index (χ0v) is 13.7. The van der Waals surface area contributed by atoms with Crippen molar-refractivity contribution in [1.82, 2.24) is 20.1 Å². The summed E-state index contributed by atoms with van der Waals surface area (Å²) in [5.74, 6) is 0.122. The van der Waals surface area contributed by atoms with Crippen LogP contribution in [0.2, 0.25) is 0 Å². The van der Waals surface area contributed by atoms with Crippen LogP contribution in [0.1, 0.15) is 45.2 Å². The Morgan fingerprint density at radius 3 is 3.14 bits per heavy atom. The highest BCUT2D eigenvalue weighted by molar-refractivity contribution is 7.11. The summed E-state index contributed by atoms with van der Waals surface area (Å²) < 4.78 is 7.11. The molecule has 3 rings (SSSR count). The first-order chi connectivity index (χ1) is 10.7. The predicted molar refractivity (Wildman–Crippen MR) is 84.0 cm³/mol. The van der Waals surface area contributed by atoms with Gasteiger partial charge in [-0.25, -0.2) is 4.98 Å². The zero-order valence-electron chi connectivity index (χ0n) is 12.8. The van der Waals surface area contributed by atoms with E-state index in [4.69, 9.17) is 4.74 Å². The van der Waals surface area contributed by atoms with Gasteiger partial charge in [0, 0.05) is 36.8 Å². The third-order valence-electron chi connectivity index (χ3n) is 3.77. The molecule has 1 aliphatic rings. The molecule has 0 aromatic carbocycles. The van der Waals surface area contributed by atoms with Gasteiger partial charge in [-0.3, -0.25) is 9.48 Å². The Labute approximate surface area is 133 Å². The Morgan fingerprint density at radius 2 is 2.45 bits per heavy atom.